The van der Waals surface area contributed by atoms with E-state index in [4.69, 9.17) is 21.1 Å². The average molecular weight is 434 g/mol. The van der Waals surface area contributed by atoms with E-state index in [0.717, 1.165) is 21.9 Å². The van der Waals surface area contributed by atoms with Gasteiger partial charge in [-0.25, -0.2) is 4.79 Å². The fraction of sp³-hybridized carbons (Fsp3) is 0.300. The molecule has 2 aromatic rings. The topological polar surface area (TPSA) is 71.1 Å². The van der Waals surface area contributed by atoms with Crippen molar-refractivity contribution < 1.29 is 19.1 Å². The molecule has 3 heterocycles. The van der Waals surface area contributed by atoms with Gasteiger partial charge in [-0.1, -0.05) is 18.2 Å². The van der Waals surface area contributed by atoms with Crippen LogP contribution in [0.4, 0.5) is 16.2 Å². The summed E-state index contributed by atoms with van der Waals surface area (Å²) in [6.45, 7) is 6.02. The lowest BCUT2D eigenvalue weighted by Gasteiger charge is -2.27. The molecule has 9 heteroatoms. The monoisotopic (exact) mass is 433 g/mol. The number of hydrogen-bond acceptors (Lipinski definition) is 6. The van der Waals surface area contributed by atoms with Crippen LogP contribution in [0.15, 0.2) is 43.0 Å². The number of thiophene rings is 1. The zero-order valence-corrected chi connectivity index (χ0v) is 17.2. The number of rotatable bonds is 6. The number of morpholine rings is 1. The number of nitrogens with zero attached hydrogens (tertiary/aromatic N) is 2. The first kappa shape index (κ1) is 19.8. The second kappa shape index (κ2) is 8.44. The van der Waals surface area contributed by atoms with E-state index in [1.165, 1.54) is 11.3 Å². The fourth-order valence-electron chi connectivity index (χ4n) is 3.24. The van der Waals surface area contributed by atoms with E-state index in [0.29, 0.717) is 30.6 Å². The molecule has 1 aromatic carbocycles. The van der Waals surface area contributed by atoms with Crippen molar-refractivity contribution in [2.75, 3.05) is 42.6 Å². The minimum absolute atomic E-state index is 0.0667. The van der Waals surface area contributed by atoms with Gasteiger partial charge in [-0.2, -0.15) is 0 Å². The molecular weight excluding hydrogens is 414 g/mol. The smallest absolute Gasteiger partial charge is 0.414 e. The summed E-state index contributed by atoms with van der Waals surface area (Å²) in [6.07, 6.45) is -0.688. The number of carbonyl (C=O) groups is 2. The number of nitrogens with one attached hydrogen (secondary N) is 1. The second-order valence-corrected chi connectivity index (χ2v) is 8.41. The summed E-state index contributed by atoms with van der Waals surface area (Å²) in [6, 6.07) is 11.0. The Hall–Kier alpha value is -2.55. The van der Waals surface area contributed by atoms with Crippen molar-refractivity contribution in [3.8, 4) is 0 Å². The third-order valence-electron chi connectivity index (χ3n) is 4.75. The van der Waals surface area contributed by atoms with Crippen LogP contribution >= 0.6 is 22.9 Å². The highest BCUT2D eigenvalue weighted by Gasteiger charge is 2.32. The van der Waals surface area contributed by atoms with Crippen LogP contribution < -0.4 is 15.1 Å². The second-order valence-electron chi connectivity index (χ2n) is 6.69. The van der Waals surface area contributed by atoms with Gasteiger partial charge in [0.2, 0.25) is 0 Å². The molecule has 2 aliphatic rings. The molecule has 152 valence electrons. The normalized spacial score (nSPS) is 19.4. The maximum absolute atomic E-state index is 12.3. The SMILES string of the molecule is C=C(NCC1CN(c2ccc(N3CCOCC3=O)cc2)C(=O)O1)c1ccc(Cl)s1. The van der Waals surface area contributed by atoms with Crippen molar-refractivity contribution in [3.63, 3.8) is 0 Å². The Kier molecular flexibility index (Phi) is 5.75. The van der Waals surface area contributed by atoms with Gasteiger partial charge >= 0.3 is 6.09 Å². The maximum Gasteiger partial charge on any atom is 0.414 e. The fourth-order valence-corrected chi connectivity index (χ4v) is 4.23. The molecular formula is C20H20ClN3O4S. The van der Waals surface area contributed by atoms with Crippen molar-refractivity contribution >= 4 is 52.0 Å². The number of hydrogen-bond donors (Lipinski definition) is 1. The van der Waals surface area contributed by atoms with Crippen molar-refractivity contribution in [3.05, 3.63) is 52.2 Å². The van der Waals surface area contributed by atoms with Gasteiger partial charge in [0.15, 0.2) is 0 Å². The molecule has 1 N–H and O–H groups in total. The number of halogens is 1. The molecule has 0 radical (unpaired) electrons. The average Bonchev–Trinajstić information content (AvgIpc) is 3.32. The molecule has 29 heavy (non-hydrogen) atoms. The predicted octanol–water partition coefficient (Wildman–Crippen LogP) is 3.35. The van der Waals surface area contributed by atoms with Crippen LogP contribution in [-0.4, -0.2) is 51.0 Å². The first-order valence-corrected chi connectivity index (χ1v) is 10.4. The van der Waals surface area contributed by atoms with Crippen LogP contribution in [0, 0.1) is 0 Å². The maximum atomic E-state index is 12.3. The van der Waals surface area contributed by atoms with E-state index >= 15 is 0 Å². The summed E-state index contributed by atoms with van der Waals surface area (Å²) >= 11 is 7.39. The van der Waals surface area contributed by atoms with Crippen molar-refractivity contribution in [1.82, 2.24) is 5.32 Å². The summed E-state index contributed by atoms with van der Waals surface area (Å²) in [5.41, 5.74) is 2.26. The largest absolute Gasteiger partial charge is 0.442 e. The van der Waals surface area contributed by atoms with Crippen LogP contribution in [0.3, 0.4) is 0 Å². The molecule has 7 nitrogen and oxygen atoms in total. The quantitative estimate of drug-likeness (QED) is 0.756. The molecule has 0 bridgehead atoms. The lowest BCUT2D eigenvalue weighted by Crippen LogP contribution is -2.41. The highest BCUT2D eigenvalue weighted by atomic mass is 35.5. The molecule has 2 aliphatic heterocycles. The molecule has 4 rings (SSSR count). The number of cyclic esters (lactones) is 1. The molecule has 2 saturated heterocycles. The molecule has 0 saturated carbocycles. The van der Waals surface area contributed by atoms with Crippen LogP contribution in [0.25, 0.3) is 5.70 Å². The minimum atomic E-state index is -0.392. The van der Waals surface area contributed by atoms with Crippen molar-refractivity contribution in [2.45, 2.75) is 6.10 Å². The number of benzene rings is 1. The number of carbonyl (C=O) groups excluding carboxylic acids is 2. The first-order valence-electron chi connectivity index (χ1n) is 9.16. The van der Waals surface area contributed by atoms with Gasteiger partial charge < -0.3 is 19.7 Å². The lowest BCUT2D eigenvalue weighted by atomic mass is 10.2. The standard InChI is InChI=1S/C20H20ClN3O4S/c1-13(17-6-7-18(21)29-17)22-10-16-11-24(20(26)28-16)15-4-2-14(3-5-15)23-8-9-27-12-19(23)25/h2-7,16,22H,1,8-12H2. The van der Waals surface area contributed by atoms with Gasteiger partial charge in [0, 0.05) is 23.6 Å². The zero-order valence-electron chi connectivity index (χ0n) is 15.6. The van der Waals surface area contributed by atoms with Gasteiger partial charge in [-0.05, 0) is 36.4 Å². The van der Waals surface area contributed by atoms with Crippen LogP contribution in [0.5, 0.6) is 0 Å². The highest BCUT2D eigenvalue weighted by molar-refractivity contribution is 7.17. The van der Waals surface area contributed by atoms with Crippen molar-refractivity contribution in [2.24, 2.45) is 0 Å². The van der Waals surface area contributed by atoms with Gasteiger partial charge in [-0.15, -0.1) is 11.3 Å². The molecule has 1 unspecified atom stereocenters. The van der Waals surface area contributed by atoms with Crippen LogP contribution in [0.1, 0.15) is 4.88 Å². The number of amides is 2. The van der Waals surface area contributed by atoms with Crippen LogP contribution in [0.2, 0.25) is 4.34 Å². The lowest BCUT2D eigenvalue weighted by molar-refractivity contribution is -0.125. The van der Waals surface area contributed by atoms with Gasteiger partial charge in [0.25, 0.3) is 5.91 Å². The molecule has 1 aromatic heterocycles. The summed E-state index contributed by atoms with van der Waals surface area (Å²) in [7, 11) is 0. The van der Waals surface area contributed by atoms with Gasteiger partial charge in [0.1, 0.15) is 12.7 Å². The van der Waals surface area contributed by atoms with Crippen molar-refractivity contribution in [1.29, 1.82) is 0 Å². The van der Waals surface area contributed by atoms with E-state index in [-0.39, 0.29) is 18.6 Å². The molecule has 2 amide bonds. The number of anilines is 2. The summed E-state index contributed by atoms with van der Waals surface area (Å²) in [5, 5.41) is 3.20. The van der Waals surface area contributed by atoms with E-state index < -0.39 is 6.09 Å². The molecule has 0 spiro atoms. The van der Waals surface area contributed by atoms with Gasteiger partial charge in [0.05, 0.1) is 28.9 Å². The molecule has 1 atom stereocenters. The zero-order chi connectivity index (χ0) is 20.4. The minimum Gasteiger partial charge on any atom is -0.442 e. The summed E-state index contributed by atoms with van der Waals surface area (Å²) < 4.78 is 11.3. The van der Waals surface area contributed by atoms with E-state index in [1.807, 2.05) is 36.4 Å². The Bertz CT molecular complexity index is 930. The summed E-state index contributed by atoms with van der Waals surface area (Å²) in [5.74, 6) is -0.0667. The molecule has 2 fully saturated rings. The molecule has 0 aliphatic carbocycles. The Balaban J connectivity index is 1.35. The Morgan fingerprint density at radius 2 is 1.90 bits per heavy atom. The Morgan fingerprint density at radius 3 is 2.55 bits per heavy atom. The Morgan fingerprint density at radius 1 is 1.17 bits per heavy atom. The summed E-state index contributed by atoms with van der Waals surface area (Å²) in [4.78, 5) is 28.5. The number of ether oxygens (including phenoxy) is 2. The highest BCUT2D eigenvalue weighted by Crippen LogP contribution is 2.27. The first-order chi connectivity index (χ1) is 14.0. The third kappa shape index (κ3) is 4.39. The predicted molar refractivity (Wildman–Crippen MR) is 114 cm³/mol. The third-order valence-corrected chi connectivity index (χ3v) is 6.04. The van der Waals surface area contributed by atoms with E-state index in [9.17, 15) is 9.59 Å². The van der Waals surface area contributed by atoms with E-state index in [2.05, 4.69) is 11.9 Å². The van der Waals surface area contributed by atoms with E-state index in [1.54, 1.807) is 9.80 Å². The van der Waals surface area contributed by atoms with Crippen LogP contribution in [-0.2, 0) is 14.3 Å². The Labute approximate surface area is 177 Å². The van der Waals surface area contributed by atoms with Gasteiger partial charge in [-0.3, -0.25) is 9.69 Å².